The van der Waals surface area contributed by atoms with E-state index in [0.29, 0.717) is 5.56 Å². The van der Waals surface area contributed by atoms with Crippen LogP contribution in [-0.2, 0) is 27.1 Å². The number of anilines is 1. The Morgan fingerprint density at radius 2 is 1.72 bits per heavy atom. The second-order valence-corrected chi connectivity index (χ2v) is 11.3. The van der Waals surface area contributed by atoms with Crippen LogP contribution in [0.5, 0.6) is 0 Å². The Hall–Kier alpha value is -2.90. The van der Waals surface area contributed by atoms with E-state index < -0.39 is 26.0 Å². The maximum Gasteiger partial charge on any atom is 0.265 e. The molecule has 1 aromatic heterocycles. The zero-order valence-corrected chi connectivity index (χ0v) is 19.3. The maximum absolute atomic E-state index is 12.9. The minimum atomic E-state index is -3.85. The molecule has 0 unspecified atom stereocenters. The average Bonchev–Trinajstić information content (AvgIpc) is 3.16. The summed E-state index contributed by atoms with van der Waals surface area (Å²) in [4.78, 5) is 25.8. The number of nitrogens with one attached hydrogen (secondary N) is 1. The van der Waals surface area contributed by atoms with Crippen molar-refractivity contribution < 1.29 is 26.4 Å². The predicted molar refractivity (Wildman–Crippen MR) is 118 cm³/mol. The molecular weight excluding hydrogens is 458 g/mol. The summed E-state index contributed by atoms with van der Waals surface area (Å²) in [6, 6.07) is 7.39. The second kappa shape index (κ2) is 8.92. The molecule has 1 aliphatic rings. The van der Waals surface area contributed by atoms with E-state index in [1.807, 2.05) is 0 Å². The Morgan fingerprint density at radius 3 is 2.28 bits per heavy atom. The number of sulfonamides is 2. The van der Waals surface area contributed by atoms with Gasteiger partial charge in [0, 0.05) is 50.7 Å². The topological polar surface area (TPSA) is 152 Å². The van der Waals surface area contributed by atoms with Gasteiger partial charge >= 0.3 is 0 Å². The number of amides is 2. The number of hydrogen-bond donors (Lipinski definition) is 2. The molecule has 174 valence electrons. The number of piperazine rings is 1. The highest BCUT2D eigenvalue weighted by Crippen LogP contribution is 2.21. The molecule has 2 aromatic rings. The first kappa shape index (κ1) is 23.8. The fourth-order valence-electron chi connectivity index (χ4n) is 3.35. The van der Waals surface area contributed by atoms with E-state index in [0.717, 1.165) is 0 Å². The molecule has 3 N–H and O–H groups in total. The smallest absolute Gasteiger partial charge is 0.265 e. The van der Waals surface area contributed by atoms with Gasteiger partial charge in [-0.3, -0.25) is 14.3 Å². The van der Waals surface area contributed by atoms with Gasteiger partial charge in [-0.05, 0) is 31.2 Å². The highest BCUT2D eigenvalue weighted by Gasteiger charge is 2.32. The van der Waals surface area contributed by atoms with E-state index in [1.165, 1.54) is 46.1 Å². The number of primary amides is 1. The third-order valence-electron chi connectivity index (χ3n) is 5.16. The zero-order chi connectivity index (χ0) is 23.7. The van der Waals surface area contributed by atoms with Crippen molar-refractivity contribution in [2.24, 2.45) is 12.8 Å². The molecule has 0 spiro atoms. The Balaban J connectivity index is 1.70. The van der Waals surface area contributed by atoms with Crippen LogP contribution in [0.15, 0.2) is 41.4 Å². The molecule has 0 saturated carbocycles. The molecule has 1 aliphatic heterocycles. The predicted octanol–water partition coefficient (Wildman–Crippen LogP) is 0.0323. The third-order valence-corrected chi connectivity index (χ3v) is 8.33. The first-order valence-corrected chi connectivity index (χ1v) is 12.9. The van der Waals surface area contributed by atoms with Crippen molar-refractivity contribution >= 4 is 37.5 Å². The molecule has 0 radical (unpaired) electrons. The van der Waals surface area contributed by atoms with Gasteiger partial charge in [0.05, 0.1) is 5.75 Å². The van der Waals surface area contributed by atoms with Crippen molar-refractivity contribution in [1.82, 2.24) is 13.8 Å². The quantitative estimate of drug-likeness (QED) is 0.567. The molecule has 11 nitrogen and oxygen atoms in total. The molecule has 32 heavy (non-hydrogen) atoms. The highest BCUT2D eigenvalue weighted by atomic mass is 32.2. The number of hydrogen-bond acceptors (Lipinski definition) is 6. The van der Waals surface area contributed by atoms with Gasteiger partial charge in [0.15, 0.2) is 0 Å². The van der Waals surface area contributed by atoms with Gasteiger partial charge in [0.1, 0.15) is 10.6 Å². The molecule has 0 bridgehead atoms. The van der Waals surface area contributed by atoms with Crippen LogP contribution in [0.25, 0.3) is 0 Å². The van der Waals surface area contributed by atoms with Gasteiger partial charge in [-0.15, -0.1) is 0 Å². The second-order valence-electron chi connectivity index (χ2n) is 7.32. The summed E-state index contributed by atoms with van der Waals surface area (Å²) in [6.45, 7) is 2.00. The SMILES string of the molecule is CCS(=O)(=O)Nc1cccc(C(=O)N2CCN(S(=O)(=O)c3cc(C(N)=O)n(C)c3)CC2)c1. The summed E-state index contributed by atoms with van der Waals surface area (Å²) in [5, 5.41) is 0. The van der Waals surface area contributed by atoms with E-state index in [9.17, 15) is 26.4 Å². The van der Waals surface area contributed by atoms with Gasteiger partial charge in [-0.25, -0.2) is 16.8 Å². The summed E-state index contributed by atoms with van der Waals surface area (Å²) in [7, 11) is -5.79. The minimum Gasteiger partial charge on any atom is -0.364 e. The number of nitrogens with zero attached hydrogens (tertiary/aromatic N) is 3. The lowest BCUT2D eigenvalue weighted by molar-refractivity contribution is 0.0697. The number of aromatic nitrogens is 1. The lowest BCUT2D eigenvalue weighted by Crippen LogP contribution is -2.50. The molecule has 1 aromatic carbocycles. The van der Waals surface area contributed by atoms with Crippen molar-refractivity contribution in [3.63, 3.8) is 0 Å². The molecular formula is C19H25N5O6S2. The van der Waals surface area contributed by atoms with E-state index >= 15 is 0 Å². The van der Waals surface area contributed by atoms with Crippen LogP contribution in [-0.4, -0.2) is 74.4 Å². The fraction of sp³-hybridized carbons (Fsp3) is 0.368. The van der Waals surface area contributed by atoms with Crippen LogP contribution >= 0.6 is 0 Å². The number of carbonyl (C=O) groups excluding carboxylic acids is 2. The first-order chi connectivity index (χ1) is 14.9. The summed E-state index contributed by atoms with van der Waals surface area (Å²) in [5.41, 5.74) is 5.92. The Bertz CT molecular complexity index is 1240. The molecule has 0 atom stereocenters. The summed E-state index contributed by atoms with van der Waals surface area (Å²) in [5.74, 6) is -1.15. The van der Waals surface area contributed by atoms with Crippen molar-refractivity contribution in [1.29, 1.82) is 0 Å². The number of carbonyl (C=O) groups is 2. The number of nitrogens with two attached hydrogens (primary N) is 1. The summed E-state index contributed by atoms with van der Waals surface area (Å²) in [6.07, 6.45) is 1.33. The standard InChI is InChI=1S/C19H25N5O6S2/c1-3-31(27,28)21-15-6-4-5-14(11-15)19(26)23-7-9-24(10-8-23)32(29,30)16-12-17(18(20)25)22(2)13-16/h4-6,11-13,21H,3,7-10H2,1-2H3,(H2,20,25). The van der Waals surface area contributed by atoms with Crippen molar-refractivity contribution in [2.45, 2.75) is 11.8 Å². The number of rotatable bonds is 7. The monoisotopic (exact) mass is 483 g/mol. The lowest BCUT2D eigenvalue weighted by Gasteiger charge is -2.34. The van der Waals surface area contributed by atoms with Crippen LogP contribution in [0.2, 0.25) is 0 Å². The average molecular weight is 484 g/mol. The van der Waals surface area contributed by atoms with Gasteiger partial charge in [-0.1, -0.05) is 6.07 Å². The molecule has 1 saturated heterocycles. The van der Waals surface area contributed by atoms with Crippen LogP contribution in [0, 0.1) is 0 Å². The molecule has 0 aliphatic carbocycles. The van der Waals surface area contributed by atoms with Crippen LogP contribution < -0.4 is 10.5 Å². The van der Waals surface area contributed by atoms with Crippen LogP contribution in [0.1, 0.15) is 27.8 Å². The lowest BCUT2D eigenvalue weighted by atomic mass is 10.1. The third kappa shape index (κ3) is 4.95. The largest absolute Gasteiger partial charge is 0.364 e. The van der Waals surface area contributed by atoms with Crippen molar-refractivity contribution in [2.75, 3.05) is 36.7 Å². The highest BCUT2D eigenvalue weighted by molar-refractivity contribution is 7.92. The number of benzene rings is 1. The Kier molecular flexibility index (Phi) is 6.62. The van der Waals surface area contributed by atoms with Gasteiger partial charge in [0.25, 0.3) is 11.8 Å². The minimum absolute atomic E-state index is 0.0375. The molecule has 2 amide bonds. The van der Waals surface area contributed by atoms with E-state index in [1.54, 1.807) is 18.2 Å². The van der Waals surface area contributed by atoms with Gasteiger partial charge in [-0.2, -0.15) is 4.31 Å². The summed E-state index contributed by atoms with van der Waals surface area (Å²) < 4.78 is 54.4. The zero-order valence-electron chi connectivity index (χ0n) is 17.7. The number of aryl methyl sites for hydroxylation is 1. The molecule has 13 heteroatoms. The maximum atomic E-state index is 12.9. The van der Waals surface area contributed by atoms with Crippen LogP contribution in [0.3, 0.4) is 0 Å². The first-order valence-electron chi connectivity index (χ1n) is 9.81. The van der Waals surface area contributed by atoms with Crippen molar-refractivity contribution in [3.8, 4) is 0 Å². The van der Waals surface area contributed by atoms with Gasteiger partial charge < -0.3 is 15.2 Å². The van der Waals surface area contributed by atoms with Crippen molar-refractivity contribution in [3.05, 3.63) is 47.8 Å². The normalized spacial score (nSPS) is 15.5. The van der Waals surface area contributed by atoms with Gasteiger partial charge in [0.2, 0.25) is 20.0 Å². The molecule has 3 rings (SSSR count). The summed E-state index contributed by atoms with van der Waals surface area (Å²) >= 11 is 0. The fourth-order valence-corrected chi connectivity index (χ4v) is 5.48. The van der Waals surface area contributed by atoms with E-state index in [4.69, 9.17) is 5.73 Å². The molecule has 2 heterocycles. The Morgan fingerprint density at radius 1 is 1.06 bits per heavy atom. The molecule has 1 fully saturated rings. The van der Waals surface area contributed by atoms with Crippen LogP contribution in [0.4, 0.5) is 5.69 Å². The van der Waals surface area contributed by atoms with E-state index in [2.05, 4.69) is 4.72 Å². The van der Waals surface area contributed by atoms with E-state index in [-0.39, 0.29) is 54.1 Å². The Labute approximate surface area is 186 Å².